The molecule has 2 atom stereocenters. The highest BCUT2D eigenvalue weighted by Crippen LogP contribution is 2.34. The van der Waals surface area contributed by atoms with E-state index in [1.54, 1.807) is 27.7 Å². The first kappa shape index (κ1) is 42.0. The van der Waals surface area contributed by atoms with Crippen LogP contribution in [0.4, 0.5) is 0 Å². The fourth-order valence-electron chi connectivity index (χ4n) is 3.73. The first-order valence-electron chi connectivity index (χ1n) is 15.3. The van der Waals surface area contributed by atoms with Gasteiger partial charge >= 0.3 is 17.9 Å². The zero-order valence-corrected chi connectivity index (χ0v) is 29.5. The topological polar surface area (TPSA) is 99.1 Å². The third-order valence-corrected chi connectivity index (χ3v) is 7.72. The van der Waals surface area contributed by atoms with Crippen molar-refractivity contribution in [3.8, 4) is 107 Å². The summed E-state index contributed by atoms with van der Waals surface area (Å²) in [6.07, 6.45) is 6.98. The fraction of sp³-hybridized carbons (Fsp3) is 0.357. The Bertz CT molecular complexity index is 1910. The van der Waals surface area contributed by atoms with E-state index in [0.717, 1.165) is 12.0 Å². The smallest absolute Gasteiger partial charge is 0.326 e. The van der Waals surface area contributed by atoms with Crippen LogP contribution in [0, 0.1) is 118 Å². The van der Waals surface area contributed by atoms with E-state index in [1.165, 1.54) is 11.8 Å². The minimum atomic E-state index is -1.59. The van der Waals surface area contributed by atoms with Gasteiger partial charge in [0, 0.05) is 58.9 Å². The molecule has 0 aliphatic rings. The molecule has 7 nitrogen and oxygen atoms in total. The number of carbonyl (C=O) groups excluding carboxylic acids is 3. The van der Waals surface area contributed by atoms with Crippen molar-refractivity contribution in [2.75, 3.05) is 18.1 Å². The minimum absolute atomic E-state index is 0.0253. The standard InChI is InChI=1S/C42H36O7S/c1-7-9-10-11-12-13-14-15-16-17-18-19-20-21-22-26-30-47-40(46)42(5,6)34-50-31-29-37(43)49-38(44)33-48-39(45)41(3,4)32-35(8-2)36-27-24-23-25-28-36/h1,23-25,27-28,35,38,44H,8,29,31-34H2,2-6H3. The Hall–Kier alpha value is -6.02. The first-order valence-corrected chi connectivity index (χ1v) is 16.4. The number of hydrogen-bond donors (Lipinski definition) is 1. The summed E-state index contributed by atoms with van der Waals surface area (Å²) in [5, 5.41) is 10.1. The maximum Gasteiger partial charge on any atom is 0.326 e. The predicted molar refractivity (Wildman–Crippen MR) is 194 cm³/mol. The van der Waals surface area contributed by atoms with E-state index in [-0.39, 0.29) is 12.3 Å². The second-order valence-electron chi connectivity index (χ2n) is 11.3. The average molecular weight is 685 g/mol. The van der Waals surface area contributed by atoms with Crippen molar-refractivity contribution in [2.24, 2.45) is 10.8 Å². The molecule has 0 spiro atoms. The SMILES string of the molecule is C#CC#CC#CC#CC#CC#CC#CC#CC#COC(=O)C(C)(C)CSCCC(=O)OC(O)COC(=O)C(C)(C)CC(CC)c1ccccc1. The number of esters is 3. The quantitative estimate of drug-likeness (QED) is 0.102. The third-order valence-electron chi connectivity index (χ3n) is 6.31. The predicted octanol–water partition coefficient (Wildman–Crippen LogP) is 4.31. The highest BCUT2D eigenvalue weighted by Gasteiger charge is 2.33. The van der Waals surface area contributed by atoms with Crippen molar-refractivity contribution in [3.05, 3.63) is 35.9 Å². The molecule has 0 saturated heterocycles. The van der Waals surface area contributed by atoms with Crippen LogP contribution >= 0.6 is 11.8 Å². The number of carbonyl (C=O) groups is 3. The minimum Gasteiger partial charge on any atom is -0.459 e. The lowest BCUT2D eigenvalue weighted by atomic mass is 9.79. The van der Waals surface area contributed by atoms with Crippen molar-refractivity contribution >= 4 is 29.7 Å². The molecule has 1 N–H and O–H groups in total. The number of rotatable bonds is 14. The number of benzene rings is 1. The fourth-order valence-corrected chi connectivity index (χ4v) is 4.81. The summed E-state index contributed by atoms with van der Waals surface area (Å²) in [7, 11) is 0. The zero-order valence-electron chi connectivity index (χ0n) is 28.7. The lowest BCUT2D eigenvalue weighted by molar-refractivity contribution is -0.185. The Balaban J connectivity index is 2.38. The van der Waals surface area contributed by atoms with Gasteiger partial charge in [0.15, 0.2) is 6.61 Å². The second-order valence-corrected chi connectivity index (χ2v) is 12.4. The van der Waals surface area contributed by atoms with Crippen molar-refractivity contribution in [1.29, 1.82) is 0 Å². The number of aliphatic hydroxyl groups excluding tert-OH is 1. The van der Waals surface area contributed by atoms with Crippen LogP contribution < -0.4 is 0 Å². The van der Waals surface area contributed by atoms with Crippen LogP contribution in [0.3, 0.4) is 0 Å². The van der Waals surface area contributed by atoms with Crippen LogP contribution in [-0.2, 0) is 28.6 Å². The second kappa shape index (κ2) is 24.2. The molecular formula is C42H36O7S. The highest BCUT2D eigenvalue weighted by molar-refractivity contribution is 7.99. The number of thioether (sulfide) groups is 1. The molecule has 8 heteroatoms. The Kier molecular flexibility index (Phi) is 20.3. The third kappa shape index (κ3) is 19.0. The lowest BCUT2D eigenvalue weighted by Gasteiger charge is -2.28. The summed E-state index contributed by atoms with van der Waals surface area (Å²) in [6.45, 7) is 8.54. The molecule has 0 radical (unpaired) electrons. The highest BCUT2D eigenvalue weighted by atomic mass is 32.2. The summed E-state index contributed by atoms with van der Waals surface area (Å²) in [5.41, 5.74) is -0.566. The van der Waals surface area contributed by atoms with Gasteiger partial charge < -0.3 is 19.3 Å². The Morgan fingerprint density at radius 3 is 1.82 bits per heavy atom. The van der Waals surface area contributed by atoms with Gasteiger partial charge in [-0.2, -0.15) is 11.8 Å². The molecule has 2 unspecified atom stereocenters. The van der Waals surface area contributed by atoms with Crippen molar-refractivity contribution < 1.29 is 33.7 Å². The first-order chi connectivity index (χ1) is 23.9. The van der Waals surface area contributed by atoms with E-state index in [1.807, 2.05) is 30.3 Å². The molecule has 0 aromatic heterocycles. The van der Waals surface area contributed by atoms with Crippen molar-refractivity contribution in [2.45, 2.75) is 66.1 Å². The van der Waals surface area contributed by atoms with Crippen LogP contribution in [0.2, 0.25) is 0 Å². The summed E-state index contributed by atoms with van der Waals surface area (Å²) in [5.74, 6) is 37.8. The Labute approximate surface area is 300 Å². The molecule has 0 amide bonds. The molecule has 0 fully saturated rings. The molecule has 50 heavy (non-hydrogen) atoms. The van der Waals surface area contributed by atoms with Gasteiger partial charge in [0.1, 0.15) is 6.11 Å². The van der Waals surface area contributed by atoms with Crippen LogP contribution in [-0.4, -0.2) is 47.4 Å². The van der Waals surface area contributed by atoms with Crippen molar-refractivity contribution in [3.63, 3.8) is 0 Å². The van der Waals surface area contributed by atoms with Crippen LogP contribution in [0.15, 0.2) is 30.3 Å². The molecular weight excluding hydrogens is 649 g/mol. The molecule has 0 bridgehead atoms. The zero-order chi connectivity index (χ0) is 37.1. The molecule has 0 heterocycles. The largest absolute Gasteiger partial charge is 0.459 e. The molecule has 0 aliphatic heterocycles. The van der Waals surface area contributed by atoms with Crippen molar-refractivity contribution in [1.82, 2.24) is 0 Å². The summed E-state index contributed by atoms with van der Waals surface area (Å²) in [6, 6.07) is 9.95. The van der Waals surface area contributed by atoms with Gasteiger partial charge in [-0.15, -0.1) is 6.42 Å². The van der Waals surface area contributed by atoms with Gasteiger partial charge in [0.2, 0.25) is 6.29 Å². The molecule has 1 aromatic carbocycles. The molecule has 0 aliphatic carbocycles. The van der Waals surface area contributed by atoms with E-state index in [2.05, 4.69) is 108 Å². The number of ether oxygens (including phenoxy) is 3. The molecule has 1 rings (SSSR count). The number of terminal acetylenes is 1. The van der Waals surface area contributed by atoms with Gasteiger partial charge in [0.25, 0.3) is 0 Å². The normalized spacial score (nSPS) is 10.3. The van der Waals surface area contributed by atoms with Crippen LogP contribution in [0.25, 0.3) is 0 Å². The van der Waals surface area contributed by atoms with Gasteiger partial charge in [-0.05, 0) is 99.4 Å². The lowest BCUT2D eigenvalue weighted by Crippen LogP contribution is -2.32. The molecule has 1 aromatic rings. The number of aliphatic hydroxyl groups is 1. The molecule has 252 valence electrons. The van der Waals surface area contributed by atoms with Gasteiger partial charge in [-0.25, -0.2) is 0 Å². The Morgan fingerprint density at radius 1 is 0.780 bits per heavy atom. The van der Waals surface area contributed by atoms with E-state index in [9.17, 15) is 19.5 Å². The van der Waals surface area contributed by atoms with E-state index >= 15 is 0 Å². The Morgan fingerprint density at radius 2 is 1.30 bits per heavy atom. The average Bonchev–Trinajstić information content (AvgIpc) is 3.09. The summed E-state index contributed by atoms with van der Waals surface area (Å²) < 4.78 is 15.2. The van der Waals surface area contributed by atoms with E-state index in [0.29, 0.717) is 17.9 Å². The monoisotopic (exact) mass is 684 g/mol. The van der Waals surface area contributed by atoms with E-state index < -0.39 is 41.6 Å². The maximum absolute atomic E-state index is 12.8. The maximum atomic E-state index is 12.8. The van der Waals surface area contributed by atoms with Crippen LogP contribution in [0.5, 0.6) is 0 Å². The van der Waals surface area contributed by atoms with Gasteiger partial charge in [0.05, 0.1) is 17.3 Å². The summed E-state index contributed by atoms with van der Waals surface area (Å²) in [4.78, 5) is 37.3. The van der Waals surface area contributed by atoms with E-state index in [4.69, 9.17) is 20.6 Å². The summed E-state index contributed by atoms with van der Waals surface area (Å²) >= 11 is 1.33. The number of hydrogen-bond acceptors (Lipinski definition) is 8. The van der Waals surface area contributed by atoms with Gasteiger partial charge in [-0.1, -0.05) is 37.3 Å². The van der Waals surface area contributed by atoms with Gasteiger partial charge in [-0.3, -0.25) is 14.4 Å². The molecule has 0 saturated carbocycles. The van der Waals surface area contributed by atoms with Crippen LogP contribution in [0.1, 0.15) is 65.4 Å².